The molecule has 0 aromatic heterocycles. The summed E-state index contributed by atoms with van der Waals surface area (Å²) in [5.41, 5.74) is 0.860. The SMILES string of the molecule is O=C(CCC(=O)N(c1ccc(Cl)cc1)C(C(=O)c1ccc(Cl)cc1)c1ccc(F)cc1Cl)NCCN1CCOCC1. The number of hydrogen-bond acceptors (Lipinski definition) is 5. The first kappa shape index (κ1) is 30.9. The summed E-state index contributed by atoms with van der Waals surface area (Å²) < 4.78 is 19.3. The van der Waals surface area contributed by atoms with Crippen LogP contribution < -0.4 is 10.2 Å². The van der Waals surface area contributed by atoms with Gasteiger partial charge in [0, 0.05) is 70.9 Å². The minimum absolute atomic E-state index is 0.0232. The molecule has 1 aliphatic rings. The van der Waals surface area contributed by atoms with E-state index >= 15 is 0 Å². The van der Waals surface area contributed by atoms with E-state index in [1.807, 2.05) is 0 Å². The summed E-state index contributed by atoms with van der Waals surface area (Å²) in [4.78, 5) is 43.9. The molecule has 1 fully saturated rings. The number of hydrogen-bond donors (Lipinski definition) is 1. The number of benzene rings is 3. The fraction of sp³-hybridized carbons (Fsp3) is 0.300. The van der Waals surface area contributed by atoms with Crippen LogP contribution in [0.15, 0.2) is 66.7 Å². The molecule has 216 valence electrons. The Morgan fingerprint density at radius 1 is 0.902 bits per heavy atom. The molecule has 3 aromatic carbocycles. The van der Waals surface area contributed by atoms with Crippen molar-refractivity contribution in [2.24, 2.45) is 0 Å². The fourth-order valence-electron chi connectivity index (χ4n) is 4.54. The van der Waals surface area contributed by atoms with E-state index in [-0.39, 0.29) is 34.9 Å². The van der Waals surface area contributed by atoms with Crippen molar-refractivity contribution in [1.29, 1.82) is 0 Å². The highest BCUT2D eigenvalue weighted by atomic mass is 35.5. The van der Waals surface area contributed by atoms with E-state index in [1.165, 1.54) is 17.0 Å². The second-order valence-corrected chi connectivity index (χ2v) is 10.8. The minimum atomic E-state index is -1.26. The van der Waals surface area contributed by atoms with Gasteiger partial charge < -0.3 is 10.1 Å². The van der Waals surface area contributed by atoms with Crippen LogP contribution in [-0.2, 0) is 14.3 Å². The lowest BCUT2D eigenvalue weighted by atomic mass is 9.94. The predicted molar refractivity (Wildman–Crippen MR) is 158 cm³/mol. The highest BCUT2D eigenvalue weighted by Crippen LogP contribution is 2.36. The van der Waals surface area contributed by atoms with E-state index in [9.17, 15) is 18.8 Å². The molecule has 11 heteroatoms. The molecule has 0 bridgehead atoms. The number of carbonyl (C=O) groups excluding carboxylic acids is 3. The molecule has 1 aliphatic heterocycles. The van der Waals surface area contributed by atoms with E-state index < -0.39 is 23.5 Å². The van der Waals surface area contributed by atoms with Gasteiger partial charge in [-0.15, -0.1) is 0 Å². The van der Waals surface area contributed by atoms with Gasteiger partial charge in [0.1, 0.15) is 11.9 Å². The quantitative estimate of drug-likeness (QED) is 0.267. The van der Waals surface area contributed by atoms with Gasteiger partial charge >= 0.3 is 0 Å². The molecular formula is C30H29Cl3FN3O4. The monoisotopic (exact) mass is 619 g/mol. The van der Waals surface area contributed by atoms with Gasteiger partial charge in [0.05, 0.1) is 13.2 Å². The Balaban J connectivity index is 1.60. The Morgan fingerprint density at radius 2 is 1.54 bits per heavy atom. The number of morpholine rings is 1. The number of ether oxygens (including phenoxy) is 1. The van der Waals surface area contributed by atoms with Gasteiger partial charge in [0.2, 0.25) is 11.8 Å². The average molecular weight is 621 g/mol. The van der Waals surface area contributed by atoms with Crippen molar-refractivity contribution in [3.05, 3.63) is 98.7 Å². The van der Waals surface area contributed by atoms with Crippen molar-refractivity contribution < 1.29 is 23.5 Å². The first-order chi connectivity index (χ1) is 19.7. The van der Waals surface area contributed by atoms with Crippen LogP contribution >= 0.6 is 34.8 Å². The van der Waals surface area contributed by atoms with Crippen LogP contribution in [0.3, 0.4) is 0 Å². The predicted octanol–water partition coefficient (Wildman–Crippen LogP) is 5.97. The molecule has 1 atom stereocenters. The first-order valence-electron chi connectivity index (χ1n) is 13.1. The molecule has 1 unspecified atom stereocenters. The largest absolute Gasteiger partial charge is 0.379 e. The van der Waals surface area contributed by atoms with E-state index in [0.29, 0.717) is 42.0 Å². The maximum absolute atomic E-state index is 14.0. The standard InChI is InChI=1S/C30H29Cl3FN3O4/c31-21-3-1-20(2-4-21)30(40)29(25-10-7-23(34)19-26(25)33)37(24-8-5-22(32)6-9-24)28(39)12-11-27(38)35-13-14-36-15-17-41-18-16-36/h1-10,19,29H,11-18H2,(H,35,38). The topological polar surface area (TPSA) is 79.0 Å². The molecule has 0 saturated carbocycles. The fourth-order valence-corrected chi connectivity index (χ4v) is 5.06. The van der Waals surface area contributed by atoms with E-state index in [1.54, 1.807) is 48.5 Å². The zero-order valence-corrected chi connectivity index (χ0v) is 24.4. The number of rotatable bonds is 11. The summed E-state index contributed by atoms with van der Waals surface area (Å²) in [7, 11) is 0. The zero-order chi connectivity index (χ0) is 29.4. The molecule has 1 saturated heterocycles. The Kier molecular flexibility index (Phi) is 11.1. The number of carbonyl (C=O) groups is 3. The molecule has 0 radical (unpaired) electrons. The molecule has 1 heterocycles. The number of amides is 2. The van der Waals surface area contributed by atoms with Crippen molar-refractivity contribution in [1.82, 2.24) is 10.2 Å². The number of nitrogens with zero attached hydrogens (tertiary/aromatic N) is 2. The van der Waals surface area contributed by atoms with Gasteiger partial charge in [-0.25, -0.2) is 4.39 Å². The second kappa shape index (κ2) is 14.8. The van der Waals surface area contributed by atoms with Gasteiger partial charge in [-0.05, 0) is 60.7 Å². The number of nitrogens with one attached hydrogen (secondary N) is 1. The van der Waals surface area contributed by atoms with Crippen LogP contribution in [0.2, 0.25) is 15.1 Å². The maximum atomic E-state index is 14.0. The van der Waals surface area contributed by atoms with Crippen LogP contribution in [0.1, 0.15) is 34.8 Å². The summed E-state index contributed by atoms with van der Waals surface area (Å²) in [6.45, 7) is 4.06. The van der Waals surface area contributed by atoms with Crippen LogP contribution in [0.4, 0.5) is 10.1 Å². The zero-order valence-electron chi connectivity index (χ0n) is 22.1. The number of halogens is 4. The summed E-state index contributed by atoms with van der Waals surface area (Å²) in [6, 6.07) is 15.0. The van der Waals surface area contributed by atoms with Crippen molar-refractivity contribution in [2.75, 3.05) is 44.3 Å². The Bertz CT molecular complexity index is 1370. The highest BCUT2D eigenvalue weighted by molar-refractivity contribution is 6.32. The van der Waals surface area contributed by atoms with Crippen molar-refractivity contribution in [2.45, 2.75) is 18.9 Å². The Morgan fingerprint density at radius 3 is 2.17 bits per heavy atom. The summed E-state index contributed by atoms with van der Waals surface area (Å²) in [5.74, 6) is -1.84. The van der Waals surface area contributed by atoms with E-state index in [4.69, 9.17) is 39.5 Å². The van der Waals surface area contributed by atoms with Crippen molar-refractivity contribution >= 4 is 58.1 Å². The average Bonchev–Trinajstić information content (AvgIpc) is 2.96. The number of Topliss-reactive ketones (excluding diaryl/α,β-unsaturated/α-hetero) is 1. The van der Waals surface area contributed by atoms with Crippen LogP contribution in [0.5, 0.6) is 0 Å². The van der Waals surface area contributed by atoms with Crippen molar-refractivity contribution in [3.63, 3.8) is 0 Å². The summed E-state index contributed by atoms with van der Waals surface area (Å²) in [5, 5.41) is 3.69. The lowest BCUT2D eigenvalue weighted by Crippen LogP contribution is -2.42. The van der Waals surface area contributed by atoms with Crippen LogP contribution in [0, 0.1) is 5.82 Å². The van der Waals surface area contributed by atoms with Gasteiger partial charge in [0.25, 0.3) is 0 Å². The van der Waals surface area contributed by atoms with Gasteiger partial charge in [-0.1, -0.05) is 40.9 Å². The molecule has 2 amide bonds. The molecular weight excluding hydrogens is 592 g/mol. The normalized spacial score (nSPS) is 14.3. The third-order valence-electron chi connectivity index (χ3n) is 6.69. The van der Waals surface area contributed by atoms with Crippen LogP contribution in [0.25, 0.3) is 0 Å². The van der Waals surface area contributed by atoms with Crippen molar-refractivity contribution in [3.8, 4) is 0 Å². The van der Waals surface area contributed by atoms with E-state index in [2.05, 4.69) is 10.2 Å². The first-order valence-corrected chi connectivity index (χ1v) is 14.3. The Hall–Kier alpha value is -3.01. The van der Waals surface area contributed by atoms with Gasteiger partial charge in [-0.3, -0.25) is 24.2 Å². The van der Waals surface area contributed by atoms with Gasteiger partial charge in [-0.2, -0.15) is 0 Å². The molecule has 3 aromatic rings. The highest BCUT2D eigenvalue weighted by Gasteiger charge is 2.35. The smallest absolute Gasteiger partial charge is 0.228 e. The minimum Gasteiger partial charge on any atom is -0.379 e. The van der Waals surface area contributed by atoms with Crippen LogP contribution in [-0.4, -0.2) is 61.9 Å². The molecule has 7 nitrogen and oxygen atoms in total. The molecule has 0 aliphatic carbocycles. The molecule has 1 N–H and O–H groups in total. The third kappa shape index (κ3) is 8.50. The molecule has 41 heavy (non-hydrogen) atoms. The lowest BCUT2D eigenvalue weighted by molar-refractivity contribution is -0.125. The number of anilines is 1. The second-order valence-electron chi connectivity index (χ2n) is 9.48. The van der Waals surface area contributed by atoms with E-state index in [0.717, 1.165) is 19.2 Å². The lowest BCUT2D eigenvalue weighted by Gasteiger charge is -2.32. The summed E-state index contributed by atoms with van der Waals surface area (Å²) in [6.07, 6.45) is -0.278. The van der Waals surface area contributed by atoms with Gasteiger partial charge in [0.15, 0.2) is 5.78 Å². The Labute approximate surface area is 253 Å². The molecule has 4 rings (SSSR count). The summed E-state index contributed by atoms with van der Waals surface area (Å²) >= 11 is 18.6. The maximum Gasteiger partial charge on any atom is 0.228 e. The molecule has 0 spiro atoms. The number of ketones is 1. The third-order valence-corrected chi connectivity index (χ3v) is 7.52.